The van der Waals surface area contributed by atoms with E-state index < -0.39 is 5.54 Å². The van der Waals surface area contributed by atoms with Crippen LogP contribution in [0.4, 0.5) is 0 Å². The molecule has 1 fully saturated rings. The lowest BCUT2D eigenvalue weighted by atomic mass is 9.99. The lowest BCUT2D eigenvalue weighted by Crippen LogP contribution is -2.50. The van der Waals surface area contributed by atoms with Crippen molar-refractivity contribution < 1.29 is 14.6 Å². The Morgan fingerprint density at radius 2 is 2.15 bits per heavy atom. The lowest BCUT2D eigenvalue weighted by molar-refractivity contribution is -0.125. The first-order valence-corrected chi connectivity index (χ1v) is 7.23. The molecule has 0 spiro atoms. The van der Waals surface area contributed by atoms with Crippen molar-refractivity contribution in [3.8, 4) is 5.75 Å². The van der Waals surface area contributed by atoms with E-state index in [9.17, 15) is 9.90 Å². The van der Waals surface area contributed by atoms with Crippen molar-refractivity contribution in [2.24, 2.45) is 0 Å². The molecular weight excluding hydrogens is 278 g/mol. The Morgan fingerprint density at radius 3 is 2.80 bits per heavy atom. The summed E-state index contributed by atoms with van der Waals surface area (Å²) >= 11 is 6.01. The molecule has 0 heterocycles. The SMILES string of the molecule is Cc1ccc(Cl)c(OCC(=O)NC2(CO)CCCC2)c1. The van der Waals surface area contributed by atoms with E-state index in [2.05, 4.69) is 5.32 Å². The minimum absolute atomic E-state index is 0.0239. The van der Waals surface area contributed by atoms with Gasteiger partial charge in [-0.2, -0.15) is 0 Å². The highest BCUT2D eigenvalue weighted by atomic mass is 35.5. The van der Waals surface area contributed by atoms with Crippen LogP contribution < -0.4 is 10.1 Å². The molecule has 0 bridgehead atoms. The van der Waals surface area contributed by atoms with Crippen molar-refractivity contribution in [1.29, 1.82) is 0 Å². The van der Waals surface area contributed by atoms with Crippen molar-refractivity contribution in [3.63, 3.8) is 0 Å². The third kappa shape index (κ3) is 3.64. The van der Waals surface area contributed by atoms with Crippen LogP contribution >= 0.6 is 11.6 Å². The molecule has 110 valence electrons. The first-order valence-electron chi connectivity index (χ1n) is 6.85. The minimum atomic E-state index is -0.461. The van der Waals surface area contributed by atoms with Crippen LogP contribution in [0.25, 0.3) is 0 Å². The van der Waals surface area contributed by atoms with Crippen LogP contribution in [-0.2, 0) is 4.79 Å². The van der Waals surface area contributed by atoms with Gasteiger partial charge in [-0.25, -0.2) is 0 Å². The number of rotatable bonds is 5. The first-order chi connectivity index (χ1) is 9.54. The van der Waals surface area contributed by atoms with Crippen molar-refractivity contribution in [1.82, 2.24) is 5.32 Å². The van der Waals surface area contributed by atoms with Crippen LogP contribution in [0.1, 0.15) is 31.2 Å². The van der Waals surface area contributed by atoms with E-state index in [1.165, 1.54) is 0 Å². The van der Waals surface area contributed by atoms with Crippen LogP contribution in [0.3, 0.4) is 0 Å². The largest absolute Gasteiger partial charge is 0.482 e. The van der Waals surface area contributed by atoms with Gasteiger partial charge in [-0.05, 0) is 37.5 Å². The van der Waals surface area contributed by atoms with Crippen LogP contribution in [-0.4, -0.2) is 29.8 Å². The fourth-order valence-electron chi connectivity index (χ4n) is 2.57. The van der Waals surface area contributed by atoms with Crippen LogP contribution in [0.5, 0.6) is 5.75 Å². The summed E-state index contributed by atoms with van der Waals surface area (Å²) < 4.78 is 5.45. The first kappa shape index (κ1) is 15.1. The zero-order valence-corrected chi connectivity index (χ0v) is 12.4. The zero-order chi connectivity index (χ0) is 14.6. The molecule has 0 unspecified atom stereocenters. The van der Waals surface area contributed by atoms with Gasteiger partial charge < -0.3 is 15.2 Å². The number of aliphatic hydroxyl groups is 1. The van der Waals surface area contributed by atoms with Crippen molar-refractivity contribution >= 4 is 17.5 Å². The van der Waals surface area contributed by atoms with Gasteiger partial charge in [0.2, 0.25) is 0 Å². The molecule has 0 radical (unpaired) electrons. The maximum Gasteiger partial charge on any atom is 0.258 e. The summed E-state index contributed by atoms with van der Waals surface area (Å²) in [5, 5.41) is 12.8. The fraction of sp³-hybridized carbons (Fsp3) is 0.533. The van der Waals surface area contributed by atoms with Gasteiger partial charge in [-0.3, -0.25) is 4.79 Å². The molecule has 5 heteroatoms. The van der Waals surface area contributed by atoms with E-state index in [-0.39, 0.29) is 19.1 Å². The number of aliphatic hydroxyl groups excluding tert-OH is 1. The third-order valence-electron chi connectivity index (χ3n) is 3.71. The average Bonchev–Trinajstić information content (AvgIpc) is 2.89. The molecule has 1 amide bonds. The van der Waals surface area contributed by atoms with Crippen LogP contribution in [0, 0.1) is 6.92 Å². The van der Waals surface area contributed by atoms with E-state index in [0.29, 0.717) is 10.8 Å². The Balaban J connectivity index is 1.90. The Bertz CT molecular complexity index is 484. The Kier molecular flexibility index (Phi) is 4.89. The maximum atomic E-state index is 11.9. The summed E-state index contributed by atoms with van der Waals surface area (Å²) in [5.74, 6) is 0.282. The predicted octanol–water partition coefficient (Wildman–Crippen LogP) is 2.45. The van der Waals surface area contributed by atoms with Crippen LogP contribution in [0.15, 0.2) is 18.2 Å². The molecule has 0 aromatic heterocycles. The molecular formula is C15H20ClNO3. The Hall–Kier alpha value is -1.26. The number of carbonyl (C=O) groups is 1. The van der Waals surface area contributed by atoms with Crippen molar-refractivity contribution in [2.45, 2.75) is 38.1 Å². The molecule has 0 atom stereocenters. The maximum absolute atomic E-state index is 11.9. The number of ether oxygens (including phenoxy) is 1. The summed E-state index contributed by atoms with van der Waals surface area (Å²) in [5.41, 5.74) is 0.559. The summed E-state index contributed by atoms with van der Waals surface area (Å²) in [7, 11) is 0. The molecule has 20 heavy (non-hydrogen) atoms. The molecule has 0 saturated heterocycles. The highest BCUT2D eigenvalue weighted by molar-refractivity contribution is 6.32. The summed E-state index contributed by atoms with van der Waals surface area (Å²) in [6, 6.07) is 5.43. The van der Waals surface area contributed by atoms with Gasteiger partial charge in [0, 0.05) is 0 Å². The number of aryl methyl sites for hydroxylation is 1. The summed E-state index contributed by atoms with van der Waals surface area (Å²) in [6.07, 6.45) is 3.71. The highest BCUT2D eigenvalue weighted by Gasteiger charge is 2.34. The molecule has 2 rings (SSSR count). The third-order valence-corrected chi connectivity index (χ3v) is 4.03. The smallest absolute Gasteiger partial charge is 0.258 e. The molecule has 1 aliphatic carbocycles. The zero-order valence-electron chi connectivity index (χ0n) is 11.6. The Morgan fingerprint density at radius 1 is 1.45 bits per heavy atom. The van der Waals surface area contributed by atoms with Gasteiger partial charge in [-0.15, -0.1) is 0 Å². The Labute approximate surface area is 124 Å². The van der Waals surface area contributed by atoms with Gasteiger partial charge in [0.1, 0.15) is 5.75 Å². The summed E-state index contributed by atoms with van der Waals surface area (Å²) in [6.45, 7) is 1.82. The van der Waals surface area contributed by atoms with Crippen LogP contribution in [0.2, 0.25) is 5.02 Å². The second-order valence-corrected chi connectivity index (χ2v) is 5.82. The second kappa shape index (κ2) is 6.46. The number of carbonyl (C=O) groups excluding carboxylic acids is 1. The highest BCUT2D eigenvalue weighted by Crippen LogP contribution is 2.29. The van der Waals surface area contributed by atoms with E-state index in [0.717, 1.165) is 31.2 Å². The number of amides is 1. The number of hydrogen-bond acceptors (Lipinski definition) is 3. The number of halogens is 1. The summed E-state index contributed by atoms with van der Waals surface area (Å²) in [4.78, 5) is 11.9. The average molecular weight is 298 g/mol. The van der Waals surface area contributed by atoms with Gasteiger partial charge in [-0.1, -0.05) is 30.5 Å². The molecule has 1 aromatic rings. The normalized spacial score (nSPS) is 16.9. The lowest BCUT2D eigenvalue weighted by Gasteiger charge is -2.27. The fourth-order valence-corrected chi connectivity index (χ4v) is 2.74. The topological polar surface area (TPSA) is 58.6 Å². The molecule has 1 saturated carbocycles. The quantitative estimate of drug-likeness (QED) is 0.878. The minimum Gasteiger partial charge on any atom is -0.482 e. The molecule has 2 N–H and O–H groups in total. The second-order valence-electron chi connectivity index (χ2n) is 5.42. The van der Waals surface area contributed by atoms with Crippen molar-refractivity contribution in [2.75, 3.05) is 13.2 Å². The number of hydrogen-bond donors (Lipinski definition) is 2. The van der Waals surface area contributed by atoms with E-state index in [1.807, 2.05) is 13.0 Å². The van der Waals surface area contributed by atoms with E-state index in [1.54, 1.807) is 12.1 Å². The molecule has 1 aromatic carbocycles. The molecule has 1 aliphatic rings. The van der Waals surface area contributed by atoms with E-state index in [4.69, 9.17) is 16.3 Å². The van der Waals surface area contributed by atoms with Gasteiger partial charge in [0.25, 0.3) is 5.91 Å². The van der Waals surface area contributed by atoms with Gasteiger partial charge in [0.05, 0.1) is 17.2 Å². The van der Waals surface area contributed by atoms with Gasteiger partial charge in [0.15, 0.2) is 6.61 Å². The standard InChI is InChI=1S/C15H20ClNO3/c1-11-4-5-12(16)13(8-11)20-9-14(19)17-15(10-18)6-2-3-7-15/h4-5,8,18H,2-3,6-7,9-10H2,1H3,(H,17,19). The van der Waals surface area contributed by atoms with E-state index >= 15 is 0 Å². The number of nitrogens with one attached hydrogen (secondary N) is 1. The predicted molar refractivity (Wildman–Crippen MR) is 78.1 cm³/mol. The molecule has 4 nitrogen and oxygen atoms in total. The number of benzene rings is 1. The monoisotopic (exact) mass is 297 g/mol. The van der Waals surface area contributed by atoms with Gasteiger partial charge >= 0.3 is 0 Å². The van der Waals surface area contributed by atoms with Crippen molar-refractivity contribution in [3.05, 3.63) is 28.8 Å². The molecule has 0 aliphatic heterocycles.